The summed E-state index contributed by atoms with van der Waals surface area (Å²) in [5.74, 6) is 0.585. The van der Waals surface area contributed by atoms with E-state index in [0.717, 1.165) is 34.4 Å². The highest BCUT2D eigenvalue weighted by molar-refractivity contribution is 5.99. The Balaban J connectivity index is 1.53. The Morgan fingerprint density at radius 2 is 1.88 bits per heavy atom. The number of ketones is 1. The monoisotopic (exact) mass is 449 g/mol. The number of fused-ring (bicyclic) bond motifs is 3. The Labute approximate surface area is 197 Å². The summed E-state index contributed by atoms with van der Waals surface area (Å²) in [5, 5.41) is 4.80. The fourth-order valence-electron chi connectivity index (χ4n) is 4.93. The number of hydrogen-bond donors (Lipinski definition) is 0. The number of Topliss-reactive ketones (excluding diaryl/α,β-unsaturated/α-hetero) is 1. The van der Waals surface area contributed by atoms with Crippen molar-refractivity contribution in [3.63, 3.8) is 0 Å². The molecule has 4 aromatic rings. The van der Waals surface area contributed by atoms with Crippen LogP contribution in [0.3, 0.4) is 0 Å². The molecule has 0 atom stereocenters. The van der Waals surface area contributed by atoms with Gasteiger partial charge in [-0.05, 0) is 54.7 Å². The molecular formula is C27H23N5O2. The van der Waals surface area contributed by atoms with Gasteiger partial charge >= 0.3 is 0 Å². The molecule has 6 rings (SSSR count). The number of nitrogens with zero attached hydrogens (tertiary/aromatic N) is 5. The van der Waals surface area contributed by atoms with Crippen molar-refractivity contribution in [1.82, 2.24) is 24.6 Å². The van der Waals surface area contributed by atoms with Gasteiger partial charge in [0.1, 0.15) is 0 Å². The molecule has 1 amide bonds. The molecule has 1 aromatic carbocycles. The van der Waals surface area contributed by atoms with Gasteiger partial charge in [0.15, 0.2) is 17.3 Å². The molecule has 4 heterocycles. The minimum atomic E-state index is -0.175. The zero-order valence-corrected chi connectivity index (χ0v) is 18.6. The van der Waals surface area contributed by atoms with Gasteiger partial charge in [-0.2, -0.15) is 5.10 Å². The number of likely N-dealkylation sites (tertiary alicyclic amines) is 1. The van der Waals surface area contributed by atoms with Gasteiger partial charge in [-0.15, -0.1) is 0 Å². The summed E-state index contributed by atoms with van der Waals surface area (Å²) < 4.78 is 1.79. The molecule has 7 heteroatoms. The van der Waals surface area contributed by atoms with Crippen LogP contribution in [0.15, 0.2) is 67.1 Å². The predicted octanol–water partition coefficient (Wildman–Crippen LogP) is 3.90. The molecule has 1 aliphatic carbocycles. The second-order valence-electron chi connectivity index (χ2n) is 8.76. The lowest BCUT2D eigenvalue weighted by Gasteiger charge is -2.25. The van der Waals surface area contributed by atoms with Gasteiger partial charge in [-0.25, -0.2) is 9.67 Å². The quantitative estimate of drug-likeness (QED) is 0.474. The third-order valence-corrected chi connectivity index (χ3v) is 6.59. The summed E-state index contributed by atoms with van der Waals surface area (Å²) in [5.41, 5.74) is 6.60. The molecule has 34 heavy (non-hydrogen) atoms. The van der Waals surface area contributed by atoms with Gasteiger partial charge < -0.3 is 4.90 Å². The van der Waals surface area contributed by atoms with E-state index in [9.17, 15) is 9.59 Å². The molecule has 0 saturated carbocycles. The van der Waals surface area contributed by atoms with E-state index in [1.807, 2.05) is 36.5 Å². The number of pyridine rings is 2. The van der Waals surface area contributed by atoms with Crippen LogP contribution in [-0.2, 0) is 17.6 Å². The van der Waals surface area contributed by atoms with Gasteiger partial charge in [0.2, 0.25) is 0 Å². The van der Waals surface area contributed by atoms with Gasteiger partial charge in [-0.3, -0.25) is 14.6 Å². The maximum absolute atomic E-state index is 13.5. The van der Waals surface area contributed by atoms with E-state index < -0.39 is 0 Å². The largest absolute Gasteiger partial charge is 0.330 e. The highest BCUT2D eigenvalue weighted by atomic mass is 16.2. The lowest BCUT2D eigenvalue weighted by Crippen LogP contribution is -2.40. The Kier molecular flexibility index (Phi) is 5.02. The molecule has 168 valence electrons. The van der Waals surface area contributed by atoms with Gasteiger partial charge in [0.05, 0.1) is 12.2 Å². The van der Waals surface area contributed by atoms with Gasteiger partial charge in [-0.1, -0.05) is 24.3 Å². The van der Waals surface area contributed by atoms with Gasteiger partial charge in [0, 0.05) is 48.2 Å². The lowest BCUT2D eigenvalue weighted by molar-refractivity contribution is -0.121. The zero-order chi connectivity index (χ0) is 23.1. The maximum Gasteiger partial charge on any atom is 0.275 e. The van der Waals surface area contributed by atoms with Crippen molar-refractivity contribution in [3.8, 4) is 28.2 Å². The van der Waals surface area contributed by atoms with E-state index in [1.54, 1.807) is 22.0 Å². The third kappa shape index (κ3) is 3.50. The Morgan fingerprint density at radius 1 is 0.941 bits per heavy atom. The minimum Gasteiger partial charge on any atom is -0.330 e. The molecule has 0 N–H and O–H groups in total. The normalized spacial score (nSPS) is 15.1. The van der Waals surface area contributed by atoms with Crippen LogP contribution in [0.5, 0.6) is 0 Å². The van der Waals surface area contributed by atoms with Crippen LogP contribution >= 0.6 is 0 Å². The molecule has 0 radical (unpaired) electrons. The highest BCUT2D eigenvalue weighted by Gasteiger charge is 2.33. The summed E-state index contributed by atoms with van der Waals surface area (Å²) in [6, 6.07) is 16.1. The van der Waals surface area contributed by atoms with E-state index in [0.29, 0.717) is 37.3 Å². The number of rotatable bonds is 3. The standard InChI is InChI=1S/C27H23N5O2/c33-21-6-4-14-31(17-21)27(34)25-22-11-10-18-8-9-19(20-5-3-12-28-16-20)15-23(18)26(22)32(30-25)24-7-1-2-13-29-24/h1-3,5,7-9,12-13,15-16H,4,6,10-11,14,17H2. The summed E-state index contributed by atoms with van der Waals surface area (Å²) in [6.45, 7) is 0.739. The van der Waals surface area contributed by atoms with E-state index in [4.69, 9.17) is 5.10 Å². The predicted molar refractivity (Wildman–Crippen MR) is 128 cm³/mol. The fourth-order valence-corrected chi connectivity index (χ4v) is 4.93. The number of aromatic nitrogens is 4. The zero-order valence-electron chi connectivity index (χ0n) is 18.6. The number of piperidine rings is 1. The molecule has 0 spiro atoms. The van der Waals surface area contributed by atoms with Crippen molar-refractivity contribution in [2.24, 2.45) is 0 Å². The highest BCUT2D eigenvalue weighted by Crippen LogP contribution is 2.39. The molecule has 0 unspecified atom stereocenters. The average Bonchev–Trinajstić information content (AvgIpc) is 3.29. The second-order valence-corrected chi connectivity index (χ2v) is 8.76. The smallest absolute Gasteiger partial charge is 0.275 e. The van der Waals surface area contributed by atoms with Crippen LogP contribution in [0, 0.1) is 0 Å². The molecular weight excluding hydrogens is 426 g/mol. The number of benzene rings is 1. The number of carbonyl (C=O) groups is 2. The first-order chi connectivity index (χ1) is 16.7. The number of aryl methyl sites for hydroxylation is 1. The first-order valence-corrected chi connectivity index (χ1v) is 11.6. The van der Waals surface area contributed by atoms with Crippen LogP contribution in [0.4, 0.5) is 0 Å². The second kappa shape index (κ2) is 8.33. The van der Waals surface area contributed by atoms with Crippen LogP contribution in [0.25, 0.3) is 28.2 Å². The van der Waals surface area contributed by atoms with Crippen LogP contribution in [-0.4, -0.2) is 49.4 Å². The SMILES string of the molecule is O=C1CCCN(C(=O)c2nn(-c3ccccn3)c3c2CCc2ccc(-c4cccnc4)cc2-3)C1. The average molecular weight is 450 g/mol. The van der Waals surface area contributed by atoms with E-state index in [2.05, 4.69) is 28.2 Å². The van der Waals surface area contributed by atoms with Crippen molar-refractivity contribution in [3.05, 3.63) is 83.9 Å². The first-order valence-electron chi connectivity index (χ1n) is 11.6. The van der Waals surface area contributed by atoms with Crippen LogP contribution < -0.4 is 0 Å². The fraction of sp³-hybridized carbons (Fsp3) is 0.222. The van der Waals surface area contributed by atoms with Crippen molar-refractivity contribution < 1.29 is 9.59 Å². The topological polar surface area (TPSA) is 81.0 Å². The summed E-state index contributed by atoms with van der Waals surface area (Å²) in [7, 11) is 0. The van der Waals surface area contributed by atoms with Crippen molar-refractivity contribution in [2.75, 3.05) is 13.1 Å². The molecule has 0 bridgehead atoms. The van der Waals surface area contributed by atoms with Crippen molar-refractivity contribution in [1.29, 1.82) is 0 Å². The number of carbonyl (C=O) groups excluding carboxylic acids is 2. The minimum absolute atomic E-state index is 0.101. The van der Waals surface area contributed by atoms with Crippen molar-refractivity contribution >= 4 is 11.7 Å². The van der Waals surface area contributed by atoms with E-state index in [-0.39, 0.29) is 18.2 Å². The Hall–Kier alpha value is -4.13. The van der Waals surface area contributed by atoms with E-state index in [1.165, 1.54) is 5.56 Å². The summed E-state index contributed by atoms with van der Waals surface area (Å²) >= 11 is 0. The third-order valence-electron chi connectivity index (χ3n) is 6.59. The lowest BCUT2D eigenvalue weighted by atomic mass is 9.86. The molecule has 3 aromatic heterocycles. The molecule has 1 saturated heterocycles. The Bertz CT molecular complexity index is 1400. The summed E-state index contributed by atoms with van der Waals surface area (Å²) in [6.07, 6.45) is 8.11. The van der Waals surface area contributed by atoms with E-state index >= 15 is 0 Å². The van der Waals surface area contributed by atoms with Crippen molar-refractivity contribution in [2.45, 2.75) is 25.7 Å². The van der Waals surface area contributed by atoms with Crippen LogP contribution in [0.1, 0.15) is 34.5 Å². The number of amides is 1. The maximum atomic E-state index is 13.5. The summed E-state index contributed by atoms with van der Waals surface area (Å²) in [4.78, 5) is 36.0. The Morgan fingerprint density at radius 3 is 2.68 bits per heavy atom. The van der Waals surface area contributed by atoms with Gasteiger partial charge in [0.25, 0.3) is 5.91 Å². The molecule has 1 fully saturated rings. The molecule has 1 aliphatic heterocycles. The number of hydrogen-bond acceptors (Lipinski definition) is 5. The first kappa shape index (κ1) is 20.5. The molecule has 7 nitrogen and oxygen atoms in total. The molecule has 2 aliphatic rings. The van der Waals surface area contributed by atoms with Crippen LogP contribution in [0.2, 0.25) is 0 Å².